The van der Waals surface area contributed by atoms with Crippen molar-refractivity contribution in [2.75, 3.05) is 0 Å². The van der Waals surface area contributed by atoms with Gasteiger partial charge in [-0.2, -0.15) is 5.10 Å². The fraction of sp³-hybridized carbons (Fsp3) is 0.500. The van der Waals surface area contributed by atoms with E-state index in [-0.39, 0.29) is 6.42 Å². The molecule has 0 aliphatic carbocycles. The van der Waals surface area contributed by atoms with E-state index in [0.717, 1.165) is 0 Å². The maximum Gasteiger partial charge on any atom is 0.320 e. The van der Waals surface area contributed by atoms with Gasteiger partial charge >= 0.3 is 5.97 Å². The highest BCUT2D eigenvalue weighted by atomic mass is 16.4. The molecule has 0 bridgehead atoms. The Morgan fingerprint density at radius 2 is 2.58 bits per heavy atom. The molecule has 1 heterocycles. The quantitative estimate of drug-likeness (QED) is 0.592. The molecule has 0 fully saturated rings. The number of aryl methyl sites for hydroxylation is 1. The van der Waals surface area contributed by atoms with E-state index < -0.39 is 12.0 Å². The molecule has 12 heavy (non-hydrogen) atoms. The smallest absolute Gasteiger partial charge is 0.320 e. The monoisotopic (exact) mass is 170 g/mol. The van der Waals surface area contributed by atoms with Crippen LogP contribution in [-0.4, -0.2) is 31.9 Å². The topological polar surface area (TPSA) is 94.0 Å². The van der Waals surface area contributed by atoms with Crippen LogP contribution in [0.3, 0.4) is 0 Å². The number of hydrogen-bond acceptors (Lipinski definition) is 4. The summed E-state index contributed by atoms with van der Waals surface area (Å²) in [6.45, 7) is 0. The van der Waals surface area contributed by atoms with Crippen LogP contribution < -0.4 is 5.73 Å². The summed E-state index contributed by atoms with van der Waals surface area (Å²) < 4.78 is 1.50. The molecule has 1 aromatic heterocycles. The molecule has 0 spiro atoms. The third kappa shape index (κ3) is 1.79. The van der Waals surface area contributed by atoms with Crippen LogP contribution in [0.1, 0.15) is 5.82 Å². The Kier molecular flexibility index (Phi) is 2.39. The van der Waals surface area contributed by atoms with E-state index in [9.17, 15) is 4.79 Å². The van der Waals surface area contributed by atoms with Gasteiger partial charge in [0.1, 0.15) is 18.2 Å². The van der Waals surface area contributed by atoms with Gasteiger partial charge in [0, 0.05) is 13.5 Å². The molecule has 0 radical (unpaired) electrons. The van der Waals surface area contributed by atoms with Gasteiger partial charge < -0.3 is 10.8 Å². The van der Waals surface area contributed by atoms with Crippen LogP contribution in [0.2, 0.25) is 0 Å². The second kappa shape index (κ2) is 3.31. The fourth-order valence-corrected chi connectivity index (χ4v) is 0.789. The fourth-order valence-electron chi connectivity index (χ4n) is 0.789. The van der Waals surface area contributed by atoms with Crippen molar-refractivity contribution in [1.29, 1.82) is 0 Å². The average molecular weight is 170 g/mol. The van der Waals surface area contributed by atoms with Crippen molar-refractivity contribution in [2.45, 2.75) is 12.5 Å². The number of carboxylic acids is 1. The van der Waals surface area contributed by atoms with Crippen molar-refractivity contribution in [2.24, 2.45) is 12.8 Å². The molecule has 0 amide bonds. The minimum atomic E-state index is -1.03. The lowest BCUT2D eigenvalue weighted by Gasteiger charge is -2.04. The lowest BCUT2D eigenvalue weighted by Crippen LogP contribution is -2.33. The number of hydrogen-bond donors (Lipinski definition) is 2. The van der Waals surface area contributed by atoms with E-state index in [4.69, 9.17) is 10.8 Å². The predicted molar refractivity (Wildman–Crippen MR) is 40.3 cm³/mol. The third-order valence-corrected chi connectivity index (χ3v) is 1.52. The van der Waals surface area contributed by atoms with Gasteiger partial charge in [-0.3, -0.25) is 9.48 Å². The van der Waals surface area contributed by atoms with Crippen molar-refractivity contribution >= 4 is 5.97 Å². The second-order valence-corrected chi connectivity index (χ2v) is 2.45. The van der Waals surface area contributed by atoms with E-state index in [0.29, 0.717) is 5.82 Å². The molecule has 1 unspecified atom stereocenters. The van der Waals surface area contributed by atoms with Crippen molar-refractivity contribution in [3.63, 3.8) is 0 Å². The van der Waals surface area contributed by atoms with Gasteiger partial charge in [-0.05, 0) is 0 Å². The van der Waals surface area contributed by atoms with Crippen LogP contribution in [0.4, 0.5) is 0 Å². The molecule has 0 aliphatic rings. The Balaban J connectivity index is 2.64. The number of aromatic nitrogens is 3. The molecule has 6 heteroatoms. The summed E-state index contributed by atoms with van der Waals surface area (Å²) in [6.07, 6.45) is 1.57. The highest BCUT2D eigenvalue weighted by Crippen LogP contribution is 1.95. The second-order valence-electron chi connectivity index (χ2n) is 2.45. The molecule has 0 aliphatic heterocycles. The molecule has 1 aromatic rings. The van der Waals surface area contributed by atoms with Gasteiger partial charge in [0.05, 0.1) is 0 Å². The Morgan fingerprint density at radius 3 is 3.00 bits per heavy atom. The number of rotatable bonds is 3. The van der Waals surface area contributed by atoms with Gasteiger partial charge in [0.2, 0.25) is 0 Å². The first-order valence-electron chi connectivity index (χ1n) is 3.42. The third-order valence-electron chi connectivity index (χ3n) is 1.52. The van der Waals surface area contributed by atoms with Crippen molar-refractivity contribution < 1.29 is 9.90 Å². The Bertz CT molecular complexity index is 283. The highest BCUT2D eigenvalue weighted by Gasteiger charge is 2.14. The van der Waals surface area contributed by atoms with Gasteiger partial charge in [-0.15, -0.1) is 0 Å². The zero-order valence-corrected chi connectivity index (χ0v) is 6.64. The summed E-state index contributed by atoms with van der Waals surface area (Å²) in [4.78, 5) is 14.2. The summed E-state index contributed by atoms with van der Waals surface area (Å²) in [6, 6.07) is -0.909. The zero-order chi connectivity index (χ0) is 9.14. The Hall–Kier alpha value is -1.43. The largest absolute Gasteiger partial charge is 0.480 e. The molecule has 1 rings (SSSR count). The molecule has 3 N–H and O–H groups in total. The number of carbonyl (C=O) groups is 1. The molecular weight excluding hydrogens is 160 g/mol. The summed E-state index contributed by atoms with van der Waals surface area (Å²) in [5.74, 6) is -0.456. The summed E-state index contributed by atoms with van der Waals surface area (Å²) in [7, 11) is 1.69. The summed E-state index contributed by atoms with van der Waals surface area (Å²) in [5, 5.41) is 12.3. The van der Waals surface area contributed by atoms with Crippen LogP contribution in [0.15, 0.2) is 6.33 Å². The number of nitrogens with two attached hydrogens (primary N) is 1. The number of nitrogens with zero attached hydrogens (tertiary/aromatic N) is 3. The van der Waals surface area contributed by atoms with E-state index in [2.05, 4.69) is 10.1 Å². The van der Waals surface area contributed by atoms with Crippen molar-refractivity contribution in [1.82, 2.24) is 14.8 Å². The number of carboxylic acid groups (broad SMARTS) is 1. The summed E-state index contributed by atoms with van der Waals surface area (Å²) in [5.41, 5.74) is 5.30. The Labute approximate surface area is 69.0 Å². The van der Waals surface area contributed by atoms with Crippen LogP contribution in [0, 0.1) is 0 Å². The molecule has 66 valence electrons. The molecule has 0 saturated carbocycles. The van der Waals surface area contributed by atoms with Crippen molar-refractivity contribution in [3.8, 4) is 0 Å². The van der Waals surface area contributed by atoms with E-state index >= 15 is 0 Å². The predicted octanol–water partition coefficient (Wildman–Crippen LogP) is -1.23. The van der Waals surface area contributed by atoms with Gasteiger partial charge in [0.25, 0.3) is 0 Å². The lowest BCUT2D eigenvalue weighted by molar-refractivity contribution is -0.138. The van der Waals surface area contributed by atoms with Crippen LogP contribution >= 0.6 is 0 Å². The lowest BCUT2D eigenvalue weighted by atomic mass is 10.2. The molecule has 0 saturated heterocycles. The van der Waals surface area contributed by atoms with E-state index in [1.165, 1.54) is 11.0 Å². The van der Waals surface area contributed by atoms with Gasteiger partial charge in [-0.25, -0.2) is 4.98 Å². The average Bonchev–Trinajstić information content (AvgIpc) is 2.36. The first-order valence-corrected chi connectivity index (χ1v) is 3.42. The standard InChI is InChI=1S/C6H10N4O2/c1-10-5(8-3-9-10)2-4(7)6(11)12/h3-4H,2,7H2,1H3,(H,11,12). The molecular formula is C6H10N4O2. The number of aliphatic carboxylic acids is 1. The van der Waals surface area contributed by atoms with Crippen LogP contribution in [0.25, 0.3) is 0 Å². The molecule has 1 atom stereocenters. The Morgan fingerprint density at radius 1 is 1.92 bits per heavy atom. The normalized spacial score (nSPS) is 12.8. The first-order chi connectivity index (χ1) is 5.61. The first kappa shape index (κ1) is 8.66. The minimum Gasteiger partial charge on any atom is -0.480 e. The van der Waals surface area contributed by atoms with Crippen LogP contribution in [-0.2, 0) is 18.3 Å². The van der Waals surface area contributed by atoms with Gasteiger partial charge in [-0.1, -0.05) is 0 Å². The van der Waals surface area contributed by atoms with E-state index in [1.54, 1.807) is 7.05 Å². The minimum absolute atomic E-state index is 0.200. The van der Waals surface area contributed by atoms with Gasteiger partial charge in [0.15, 0.2) is 0 Å². The van der Waals surface area contributed by atoms with Crippen molar-refractivity contribution in [3.05, 3.63) is 12.2 Å². The summed E-state index contributed by atoms with van der Waals surface area (Å²) >= 11 is 0. The maximum atomic E-state index is 10.4. The zero-order valence-electron chi connectivity index (χ0n) is 6.64. The highest BCUT2D eigenvalue weighted by molar-refractivity contribution is 5.73. The SMILES string of the molecule is Cn1ncnc1CC(N)C(=O)O. The molecule has 6 nitrogen and oxygen atoms in total. The molecule has 0 aromatic carbocycles. The van der Waals surface area contributed by atoms with Crippen LogP contribution in [0.5, 0.6) is 0 Å². The maximum absolute atomic E-state index is 10.4. The van der Waals surface area contributed by atoms with E-state index in [1.807, 2.05) is 0 Å².